The van der Waals surface area contributed by atoms with Crippen molar-refractivity contribution < 1.29 is 19.7 Å². The number of fused-ring (bicyclic) bond motifs is 1. The maximum absolute atomic E-state index is 13.6. The number of aromatic nitrogens is 3. The van der Waals surface area contributed by atoms with E-state index in [9.17, 15) is 9.90 Å². The fraction of sp³-hybridized carbons (Fsp3) is 0.320. The summed E-state index contributed by atoms with van der Waals surface area (Å²) in [6, 6.07) is 14.6. The molecule has 2 heterocycles. The molecule has 0 bridgehead atoms. The van der Waals surface area contributed by atoms with Gasteiger partial charge in [-0.2, -0.15) is 0 Å². The van der Waals surface area contributed by atoms with E-state index in [2.05, 4.69) is 10.3 Å². The minimum atomic E-state index is -1.72. The minimum Gasteiger partial charge on any atom is -0.497 e. The molecule has 0 aliphatic carbocycles. The number of hydrogen-bond acceptors (Lipinski definition) is 6. The number of aliphatic hydroxyl groups excluding tert-OH is 1. The molecule has 3 aromatic rings. The minimum absolute atomic E-state index is 0.0367. The number of carbonyl (C=O) groups is 1. The van der Waals surface area contributed by atoms with Crippen molar-refractivity contribution in [3.05, 3.63) is 78.1 Å². The summed E-state index contributed by atoms with van der Waals surface area (Å²) in [5, 5.41) is 28.8. The van der Waals surface area contributed by atoms with Crippen LogP contribution in [0.15, 0.2) is 66.9 Å². The summed E-state index contributed by atoms with van der Waals surface area (Å²) < 4.78 is 7.08. The van der Waals surface area contributed by atoms with Gasteiger partial charge >= 0.3 is 0 Å². The Bertz CT molecular complexity index is 1140. The number of carbonyl (C=O) groups excluding carboxylic acids is 1. The van der Waals surface area contributed by atoms with Crippen LogP contribution < -0.4 is 9.64 Å². The number of benzene rings is 2. The number of rotatable bonds is 9. The van der Waals surface area contributed by atoms with Gasteiger partial charge in [0.15, 0.2) is 5.60 Å². The summed E-state index contributed by atoms with van der Waals surface area (Å²) in [7, 11) is 1.56. The number of nitrogens with zero attached hydrogens (tertiary/aromatic N) is 4. The van der Waals surface area contributed by atoms with Crippen LogP contribution in [0.1, 0.15) is 24.6 Å². The van der Waals surface area contributed by atoms with Gasteiger partial charge in [-0.25, -0.2) is 0 Å². The topological polar surface area (TPSA) is 101 Å². The Labute approximate surface area is 192 Å². The van der Waals surface area contributed by atoms with E-state index < -0.39 is 11.5 Å². The summed E-state index contributed by atoms with van der Waals surface area (Å²) in [6.07, 6.45) is 6.74. The van der Waals surface area contributed by atoms with Crippen molar-refractivity contribution >= 4 is 17.3 Å². The molecular formula is C25H28N4O4. The average molecular weight is 449 g/mol. The first kappa shape index (κ1) is 22.7. The van der Waals surface area contributed by atoms with E-state index in [1.165, 1.54) is 0 Å². The molecule has 0 radical (unpaired) electrons. The number of anilines is 2. The molecule has 2 atom stereocenters. The van der Waals surface area contributed by atoms with Gasteiger partial charge in [0.05, 0.1) is 18.5 Å². The molecule has 1 aromatic heterocycles. The van der Waals surface area contributed by atoms with Crippen LogP contribution in [0.25, 0.3) is 0 Å². The summed E-state index contributed by atoms with van der Waals surface area (Å²) in [5.74, 6) is -0.291. The van der Waals surface area contributed by atoms with Crippen molar-refractivity contribution in [3.8, 4) is 5.75 Å². The SMILES string of the molecule is COc1ccc2c(c1)[C@@](O)([C@H](C)/C=C/CCn1cc(CCO)nn1)C(=O)N2c1ccccc1. The number of methoxy groups -OCH3 is 1. The van der Waals surface area contributed by atoms with Crippen molar-refractivity contribution in [3.63, 3.8) is 0 Å². The quantitative estimate of drug-likeness (QED) is 0.488. The Balaban J connectivity index is 1.57. The largest absolute Gasteiger partial charge is 0.497 e. The first-order chi connectivity index (χ1) is 16.0. The predicted molar refractivity (Wildman–Crippen MR) is 124 cm³/mol. The third-order valence-electron chi connectivity index (χ3n) is 5.96. The molecule has 8 heteroatoms. The second kappa shape index (κ2) is 9.56. The van der Waals surface area contributed by atoms with Crippen molar-refractivity contribution in [2.75, 3.05) is 18.6 Å². The van der Waals surface area contributed by atoms with Crippen LogP contribution in [0.4, 0.5) is 11.4 Å². The lowest BCUT2D eigenvalue weighted by atomic mass is 9.83. The van der Waals surface area contributed by atoms with Gasteiger partial charge in [-0.05, 0) is 36.8 Å². The molecule has 8 nitrogen and oxygen atoms in total. The van der Waals surface area contributed by atoms with E-state index >= 15 is 0 Å². The number of para-hydroxylation sites is 1. The van der Waals surface area contributed by atoms with Crippen LogP contribution in [0.5, 0.6) is 5.75 Å². The molecule has 1 amide bonds. The smallest absolute Gasteiger partial charge is 0.268 e. The van der Waals surface area contributed by atoms with Crippen LogP contribution in [0.2, 0.25) is 0 Å². The van der Waals surface area contributed by atoms with Crippen LogP contribution in [-0.2, 0) is 23.4 Å². The van der Waals surface area contributed by atoms with Crippen molar-refractivity contribution in [1.29, 1.82) is 0 Å². The highest BCUT2D eigenvalue weighted by atomic mass is 16.5. The molecule has 1 aliphatic rings. The third-order valence-corrected chi connectivity index (χ3v) is 5.96. The lowest BCUT2D eigenvalue weighted by Crippen LogP contribution is -2.42. The van der Waals surface area contributed by atoms with Crippen LogP contribution in [0.3, 0.4) is 0 Å². The fourth-order valence-electron chi connectivity index (χ4n) is 4.13. The molecule has 0 unspecified atom stereocenters. The molecule has 2 aromatic carbocycles. The zero-order valence-electron chi connectivity index (χ0n) is 18.8. The van der Waals surface area contributed by atoms with E-state index in [1.54, 1.807) is 28.8 Å². The normalized spacial score (nSPS) is 18.7. The standard InChI is InChI=1S/C25H28N4O4/c1-18(8-6-7-14-28-17-19(13-15-30)26-27-28)25(32)22-16-21(33-2)11-12-23(22)29(24(25)31)20-9-4-3-5-10-20/h3-6,8-12,16-18,30,32H,7,13-15H2,1-2H3/b8-6+/t18-,25+/m1/s1. The highest BCUT2D eigenvalue weighted by Gasteiger charge is 2.53. The Kier molecular flexibility index (Phi) is 6.57. The summed E-state index contributed by atoms with van der Waals surface area (Å²) in [4.78, 5) is 15.2. The predicted octanol–water partition coefficient (Wildman–Crippen LogP) is 2.97. The fourth-order valence-corrected chi connectivity index (χ4v) is 4.13. The number of aliphatic hydroxyl groups is 2. The van der Waals surface area contributed by atoms with E-state index in [0.29, 0.717) is 42.1 Å². The van der Waals surface area contributed by atoms with E-state index in [4.69, 9.17) is 9.84 Å². The van der Waals surface area contributed by atoms with Crippen molar-refractivity contribution in [2.24, 2.45) is 5.92 Å². The lowest BCUT2D eigenvalue weighted by molar-refractivity contribution is -0.138. The Morgan fingerprint density at radius 1 is 1.21 bits per heavy atom. The molecule has 0 saturated heterocycles. The van der Waals surface area contributed by atoms with Gasteiger partial charge < -0.3 is 14.9 Å². The van der Waals surface area contributed by atoms with Gasteiger partial charge in [0, 0.05) is 42.9 Å². The van der Waals surface area contributed by atoms with Crippen LogP contribution >= 0.6 is 0 Å². The van der Waals surface area contributed by atoms with E-state index in [1.807, 2.05) is 61.7 Å². The molecule has 33 heavy (non-hydrogen) atoms. The Morgan fingerprint density at radius 2 is 2.00 bits per heavy atom. The first-order valence-corrected chi connectivity index (χ1v) is 11.0. The zero-order valence-corrected chi connectivity index (χ0v) is 18.8. The number of ether oxygens (including phenoxy) is 1. The van der Waals surface area contributed by atoms with Crippen LogP contribution in [-0.4, -0.2) is 44.8 Å². The monoisotopic (exact) mass is 448 g/mol. The highest BCUT2D eigenvalue weighted by molar-refractivity contribution is 6.12. The number of aryl methyl sites for hydroxylation is 1. The Hall–Kier alpha value is -3.49. The van der Waals surface area contributed by atoms with Gasteiger partial charge in [-0.3, -0.25) is 14.4 Å². The van der Waals surface area contributed by atoms with E-state index in [0.717, 1.165) is 5.69 Å². The molecule has 0 fully saturated rings. The maximum Gasteiger partial charge on any atom is 0.268 e. The van der Waals surface area contributed by atoms with Crippen molar-refractivity contribution in [2.45, 2.75) is 31.9 Å². The lowest BCUT2D eigenvalue weighted by Gasteiger charge is -2.27. The molecule has 0 saturated carbocycles. The summed E-state index contributed by atoms with van der Waals surface area (Å²) in [5.41, 5.74) is 0.891. The molecule has 2 N–H and O–H groups in total. The number of amides is 1. The first-order valence-electron chi connectivity index (χ1n) is 11.0. The molecule has 0 spiro atoms. The maximum atomic E-state index is 13.6. The molecular weight excluding hydrogens is 420 g/mol. The summed E-state index contributed by atoms with van der Waals surface area (Å²) >= 11 is 0. The van der Waals surface area contributed by atoms with Gasteiger partial charge in [0.1, 0.15) is 5.75 Å². The van der Waals surface area contributed by atoms with Gasteiger partial charge in [0.2, 0.25) is 0 Å². The molecule has 1 aliphatic heterocycles. The molecule has 172 valence electrons. The average Bonchev–Trinajstić information content (AvgIpc) is 3.38. The second-order valence-electron chi connectivity index (χ2n) is 8.08. The second-order valence-corrected chi connectivity index (χ2v) is 8.08. The third kappa shape index (κ3) is 4.27. The van der Waals surface area contributed by atoms with E-state index in [-0.39, 0.29) is 12.5 Å². The molecule has 4 rings (SSSR count). The Morgan fingerprint density at radius 3 is 2.73 bits per heavy atom. The number of hydrogen-bond donors (Lipinski definition) is 2. The van der Waals surface area contributed by atoms with Crippen molar-refractivity contribution in [1.82, 2.24) is 15.0 Å². The van der Waals surface area contributed by atoms with Gasteiger partial charge in [-0.15, -0.1) is 5.10 Å². The number of allylic oxidation sites excluding steroid dienone is 1. The highest BCUT2D eigenvalue weighted by Crippen LogP contribution is 2.49. The zero-order chi connectivity index (χ0) is 23.4. The van der Waals surface area contributed by atoms with Crippen LogP contribution in [0, 0.1) is 5.92 Å². The summed E-state index contributed by atoms with van der Waals surface area (Å²) in [6.45, 7) is 2.48. The van der Waals surface area contributed by atoms with Gasteiger partial charge in [-0.1, -0.05) is 42.5 Å². The van der Waals surface area contributed by atoms with Gasteiger partial charge in [0.25, 0.3) is 5.91 Å².